The van der Waals surface area contributed by atoms with Gasteiger partial charge in [0.2, 0.25) is 0 Å². The molecule has 2 aromatic carbocycles. The van der Waals surface area contributed by atoms with E-state index < -0.39 is 6.10 Å². The van der Waals surface area contributed by atoms with Crippen LogP contribution in [0.4, 0.5) is 0 Å². The molecule has 0 spiro atoms. The number of alkyl halides is 1. The van der Waals surface area contributed by atoms with Crippen LogP contribution in [-0.2, 0) is 9.47 Å². The third-order valence-electron chi connectivity index (χ3n) is 6.05. The smallest absolute Gasteiger partial charge is 0.172 e. The molecule has 0 aromatic heterocycles. The molecule has 4 nitrogen and oxygen atoms in total. The first-order valence-corrected chi connectivity index (χ1v) is 10.3. The number of fused-ring (bicyclic) bond motifs is 1. The highest BCUT2D eigenvalue weighted by Gasteiger charge is 2.60. The number of halogens is 1. The van der Waals surface area contributed by atoms with Crippen LogP contribution in [0.3, 0.4) is 0 Å². The lowest BCUT2D eigenvalue weighted by atomic mass is 9.89. The van der Waals surface area contributed by atoms with Crippen LogP contribution in [0.25, 0.3) is 0 Å². The maximum Gasteiger partial charge on any atom is 0.172 e. The number of nitrogens with zero attached hydrogens (tertiary/aromatic N) is 1. The van der Waals surface area contributed by atoms with Crippen LogP contribution >= 0.6 is 15.9 Å². The van der Waals surface area contributed by atoms with Crippen molar-refractivity contribution in [2.75, 3.05) is 0 Å². The fourth-order valence-corrected chi connectivity index (χ4v) is 5.80. The maximum absolute atomic E-state index is 9.71. The molecule has 5 heteroatoms. The van der Waals surface area contributed by atoms with E-state index in [4.69, 9.17) is 14.2 Å². The molecular formula is C22H20BrNO3. The van der Waals surface area contributed by atoms with E-state index in [-0.39, 0.29) is 12.4 Å². The van der Waals surface area contributed by atoms with Crippen LogP contribution < -0.4 is 4.74 Å². The summed E-state index contributed by atoms with van der Waals surface area (Å²) < 4.78 is 18.2. The molecule has 3 aliphatic rings. The summed E-state index contributed by atoms with van der Waals surface area (Å²) in [5, 5.41) is 9.71. The predicted octanol–water partition coefficient (Wildman–Crippen LogP) is 5.20. The third kappa shape index (κ3) is 3.06. The lowest BCUT2D eigenvalue weighted by Crippen LogP contribution is -2.26. The minimum atomic E-state index is -0.667. The first-order chi connectivity index (χ1) is 13.2. The van der Waals surface area contributed by atoms with Crippen molar-refractivity contribution in [3.8, 4) is 17.6 Å². The van der Waals surface area contributed by atoms with Gasteiger partial charge in [-0.15, -0.1) is 0 Å². The van der Waals surface area contributed by atoms with Crippen LogP contribution in [0.1, 0.15) is 24.5 Å². The van der Waals surface area contributed by atoms with Crippen molar-refractivity contribution < 1.29 is 14.2 Å². The zero-order valence-electron chi connectivity index (χ0n) is 14.7. The maximum atomic E-state index is 9.71. The van der Waals surface area contributed by atoms with E-state index in [1.54, 1.807) is 0 Å². The van der Waals surface area contributed by atoms with Crippen LogP contribution in [0.15, 0.2) is 54.6 Å². The molecule has 1 saturated heterocycles. The first kappa shape index (κ1) is 17.2. The molecule has 7 atom stereocenters. The molecule has 2 bridgehead atoms. The van der Waals surface area contributed by atoms with Gasteiger partial charge in [-0.1, -0.05) is 46.3 Å². The zero-order chi connectivity index (χ0) is 18.4. The quantitative estimate of drug-likeness (QED) is 0.617. The van der Waals surface area contributed by atoms with Gasteiger partial charge in [-0.05, 0) is 54.5 Å². The summed E-state index contributed by atoms with van der Waals surface area (Å²) in [6.07, 6.45) is 1.60. The number of nitriles is 1. The zero-order valence-corrected chi connectivity index (χ0v) is 16.3. The van der Waals surface area contributed by atoms with Crippen molar-refractivity contribution in [3.05, 3.63) is 60.2 Å². The van der Waals surface area contributed by atoms with Crippen molar-refractivity contribution in [2.24, 2.45) is 17.8 Å². The van der Waals surface area contributed by atoms with E-state index in [9.17, 15) is 5.26 Å². The number of para-hydroxylation sites is 1. The molecule has 1 aliphatic heterocycles. The van der Waals surface area contributed by atoms with E-state index in [0.29, 0.717) is 28.3 Å². The van der Waals surface area contributed by atoms with E-state index in [0.717, 1.165) is 17.7 Å². The standard InChI is InChI=1S/C22H20BrNO3/c23-20-14-10-17-18(11-14)22(27-21(17)20)26-19(12-24)13-5-4-8-16(9-13)25-15-6-2-1-3-7-15/h1-9,14,17-22H,10-11H2/t14?,17?,18?,19?,20-,21?,22+/m0/s1. The van der Waals surface area contributed by atoms with Gasteiger partial charge in [-0.3, -0.25) is 0 Å². The Labute approximate surface area is 167 Å². The summed E-state index contributed by atoms with van der Waals surface area (Å²) in [7, 11) is 0. The summed E-state index contributed by atoms with van der Waals surface area (Å²) in [4.78, 5) is 0.426. The van der Waals surface area contributed by atoms with Crippen LogP contribution in [0, 0.1) is 29.1 Å². The second kappa shape index (κ2) is 6.94. The van der Waals surface area contributed by atoms with Gasteiger partial charge in [0.15, 0.2) is 12.4 Å². The highest BCUT2D eigenvalue weighted by Crippen LogP contribution is 2.59. The van der Waals surface area contributed by atoms with Gasteiger partial charge in [0.05, 0.1) is 12.2 Å². The lowest BCUT2D eigenvalue weighted by Gasteiger charge is -2.22. The number of hydrogen-bond acceptors (Lipinski definition) is 4. The number of benzene rings is 2. The normalized spacial score (nSPS) is 34.4. The van der Waals surface area contributed by atoms with Gasteiger partial charge in [0, 0.05) is 10.7 Å². The Kier molecular flexibility index (Phi) is 4.43. The van der Waals surface area contributed by atoms with Gasteiger partial charge in [-0.25, -0.2) is 0 Å². The second-order valence-electron chi connectivity index (χ2n) is 7.61. The van der Waals surface area contributed by atoms with Crippen molar-refractivity contribution >= 4 is 15.9 Å². The lowest BCUT2D eigenvalue weighted by molar-refractivity contribution is -0.161. The molecule has 138 valence electrons. The largest absolute Gasteiger partial charge is 0.457 e. The van der Waals surface area contributed by atoms with Gasteiger partial charge < -0.3 is 14.2 Å². The van der Waals surface area contributed by atoms with Gasteiger partial charge >= 0.3 is 0 Å². The molecule has 2 saturated carbocycles. The summed E-state index contributed by atoms with van der Waals surface area (Å²) in [6, 6.07) is 19.4. The monoisotopic (exact) mass is 425 g/mol. The summed E-state index contributed by atoms with van der Waals surface area (Å²) in [5.41, 5.74) is 0.790. The van der Waals surface area contributed by atoms with Gasteiger partial charge in [0.1, 0.15) is 11.5 Å². The summed E-state index contributed by atoms with van der Waals surface area (Å²) in [5.74, 6) is 3.11. The summed E-state index contributed by atoms with van der Waals surface area (Å²) >= 11 is 3.78. The Hall–Kier alpha value is -1.87. The number of rotatable bonds is 5. The Balaban J connectivity index is 1.32. The molecule has 2 aliphatic carbocycles. The second-order valence-corrected chi connectivity index (χ2v) is 8.66. The molecule has 27 heavy (non-hydrogen) atoms. The molecule has 2 aromatic rings. The first-order valence-electron chi connectivity index (χ1n) is 9.40. The Bertz CT molecular complexity index is 867. The van der Waals surface area contributed by atoms with Crippen molar-refractivity contribution in [1.82, 2.24) is 0 Å². The molecule has 5 rings (SSSR count). The Morgan fingerprint density at radius 3 is 2.56 bits per heavy atom. The van der Waals surface area contributed by atoms with Gasteiger partial charge in [-0.2, -0.15) is 5.26 Å². The average Bonchev–Trinajstić information content (AvgIpc) is 3.32. The van der Waals surface area contributed by atoms with Crippen molar-refractivity contribution in [2.45, 2.75) is 36.2 Å². The number of ether oxygens (including phenoxy) is 3. The fraction of sp³-hybridized carbons (Fsp3) is 0.409. The van der Waals surface area contributed by atoms with E-state index in [2.05, 4.69) is 22.0 Å². The van der Waals surface area contributed by atoms with Crippen LogP contribution in [0.2, 0.25) is 0 Å². The SMILES string of the molecule is N#CC(O[C@@H]1OC2C3CC(CC31)[C@@H]2Br)c1cccc(Oc2ccccc2)c1. The Morgan fingerprint density at radius 2 is 1.81 bits per heavy atom. The molecule has 5 unspecified atom stereocenters. The minimum absolute atomic E-state index is 0.228. The van der Waals surface area contributed by atoms with E-state index >= 15 is 0 Å². The topological polar surface area (TPSA) is 51.5 Å². The highest BCUT2D eigenvalue weighted by atomic mass is 79.9. The van der Waals surface area contributed by atoms with E-state index in [1.165, 1.54) is 6.42 Å². The third-order valence-corrected chi connectivity index (χ3v) is 7.32. The molecule has 0 amide bonds. The molecule has 3 fully saturated rings. The molecule has 1 heterocycles. The predicted molar refractivity (Wildman–Crippen MR) is 103 cm³/mol. The highest BCUT2D eigenvalue weighted by molar-refractivity contribution is 9.09. The summed E-state index contributed by atoms with van der Waals surface area (Å²) in [6.45, 7) is 0. The van der Waals surface area contributed by atoms with Gasteiger partial charge in [0.25, 0.3) is 0 Å². The van der Waals surface area contributed by atoms with Crippen molar-refractivity contribution in [1.29, 1.82) is 5.26 Å². The van der Waals surface area contributed by atoms with Crippen LogP contribution in [0.5, 0.6) is 11.5 Å². The fourth-order valence-electron chi connectivity index (χ4n) is 4.85. The van der Waals surface area contributed by atoms with E-state index in [1.807, 2.05) is 54.6 Å². The molecular weight excluding hydrogens is 406 g/mol. The average molecular weight is 426 g/mol. The number of hydrogen-bond donors (Lipinski definition) is 0. The molecule has 0 N–H and O–H groups in total. The Morgan fingerprint density at radius 1 is 1.04 bits per heavy atom. The van der Waals surface area contributed by atoms with Crippen LogP contribution in [-0.4, -0.2) is 17.2 Å². The van der Waals surface area contributed by atoms with Crippen molar-refractivity contribution in [3.63, 3.8) is 0 Å². The minimum Gasteiger partial charge on any atom is -0.457 e. The molecule has 0 radical (unpaired) electrons.